The quantitative estimate of drug-likeness (QED) is 0.632. The lowest BCUT2D eigenvalue weighted by Gasteiger charge is -2.25. The summed E-state index contributed by atoms with van der Waals surface area (Å²) in [4.78, 5) is 13.9. The van der Waals surface area contributed by atoms with Crippen molar-refractivity contribution in [3.63, 3.8) is 0 Å². The Hall–Kier alpha value is -0.610. The van der Waals surface area contributed by atoms with Gasteiger partial charge in [-0.25, -0.2) is 0 Å². The molecule has 0 aromatic heterocycles. The van der Waals surface area contributed by atoms with Crippen molar-refractivity contribution in [2.75, 3.05) is 32.8 Å². The van der Waals surface area contributed by atoms with Gasteiger partial charge in [-0.05, 0) is 26.7 Å². The first-order chi connectivity index (χ1) is 7.20. The zero-order valence-electron chi connectivity index (χ0n) is 9.79. The average molecular weight is 214 g/mol. The van der Waals surface area contributed by atoms with Crippen LogP contribution in [0.2, 0.25) is 0 Å². The minimum atomic E-state index is -0.220. The van der Waals surface area contributed by atoms with Crippen molar-refractivity contribution >= 4 is 5.91 Å². The first-order valence-electron chi connectivity index (χ1n) is 5.77. The van der Waals surface area contributed by atoms with Crippen molar-refractivity contribution in [1.82, 2.24) is 4.90 Å². The molecular weight excluding hydrogens is 192 g/mol. The molecule has 0 atom stereocenters. The lowest BCUT2D eigenvalue weighted by Crippen LogP contribution is -2.42. The second-order valence-electron chi connectivity index (χ2n) is 4.07. The Morgan fingerprint density at radius 3 is 2.53 bits per heavy atom. The maximum atomic E-state index is 12.1. The predicted molar refractivity (Wildman–Crippen MR) is 59.5 cm³/mol. The van der Waals surface area contributed by atoms with E-state index in [2.05, 4.69) is 0 Å². The highest BCUT2D eigenvalue weighted by Crippen LogP contribution is 2.46. The van der Waals surface area contributed by atoms with Gasteiger partial charge in [-0.15, -0.1) is 0 Å². The van der Waals surface area contributed by atoms with Gasteiger partial charge in [0.1, 0.15) is 0 Å². The van der Waals surface area contributed by atoms with Crippen molar-refractivity contribution in [2.45, 2.75) is 26.7 Å². The molecule has 1 aliphatic rings. The summed E-state index contributed by atoms with van der Waals surface area (Å²) in [5.74, 6) is 0.215. The zero-order valence-corrected chi connectivity index (χ0v) is 9.79. The fraction of sp³-hybridized carbons (Fsp3) is 0.909. The van der Waals surface area contributed by atoms with Crippen LogP contribution >= 0.6 is 0 Å². The van der Waals surface area contributed by atoms with Crippen LogP contribution in [-0.4, -0.2) is 43.7 Å². The van der Waals surface area contributed by atoms with Gasteiger partial charge in [0.2, 0.25) is 5.91 Å². The van der Waals surface area contributed by atoms with E-state index in [4.69, 9.17) is 10.5 Å². The van der Waals surface area contributed by atoms with Crippen molar-refractivity contribution in [2.24, 2.45) is 11.1 Å². The summed E-state index contributed by atoms with van der Waals surface area (Å²) >= 11 is 0. The first kappa shape index (κ1) is 12.5. The molecule has 0 aromatic carbocycles. The molecule has 0 aliphatic heterocycles. The third kappa shape index (κ3) is 2.92. The highest BCUT2D eigenvalue weighted by molar-refractivity contribution is 5.85. The summed E-state index contributed by atoms with van der Waals surface area (Å²) in [5.41, 5.74) is 5.42. The Labute approximate surface area is 91.8 Å². The number of likely N-dealkylation sites (N-methyl/N-ethyl adjacent to an activating group) is 1. The molecule has 15 heavy (non-hydrogen) atoms. The van der Waals surface area contributed by atoms with Crippen LogP contribution < -0.4 is 5.73 Å². The topological polar surface area (TPSA) is 55.6 Å². The third-order valence-electron chi connectivity index (χ3n) is 3.08. The van der Waals surface area contributed by atoms with Gasteiger partial charge in [0, 0.05) is 26.2 Å². The molecule has 0 bridgehead atoms. The van der Waals surface area contributed by atoms with E-state index >= 15 is 0 Å². The molecule has 1 aliphatic carbocycles. The van der Waals surface area contributed by atoms with Crippen molar-refractivity contribution < 1.29 is 9.53 Å². The Bertz CT molecular complexity index is 215. The van der Waals surface area contributed by atoms with E-state index in [0.717, 1.165) is 19.4 Å². The molecule has 0 saturated heterocycles. The molecule has 2 N–H and O–H groups in total. The Morgan fingerprint density at radius 1 is 1.47 bits per heavy atom. The fourth-order valence-corrected chi connectivity index (χ4v) is 1.71. The van der Waals surface area contributed by atoms with Crippen LogP contribution in [0.4, 0.5) is 0 Å². The Morgan fingerprint density at radius 2 is 2.13 bits per heavy atom. The molecule has 0 aromatic rings. The summed E-state index contributed by atoms with van der Waals surface area (Å²) in [6, 6.07) is 0. The minimum absolute atomic E-state index is 0.215. The molecule has 1 saturated carbocycles. The molecule has 0 spiro atoms. The number of hydrogen-bond acceptors (Lipinski definition) is 3. The number of rotatable bonds is 7. The van der Waals surface area contributed by atoms with Gasteiger partial charge in [0.25, 0.3) is 0 Å². The molecule has 1 fully saturated rings. The van der Waals surface area contributed by atoms with E-state index in [1.165, 1.54) is 0 Å². The zero-order chi connectivity index (χ0) is 11.3. The van der Waals surface area contributed by atoms with Crippen LogP contribution in [0.3, 0.4) is 0 Å². The molecule has 0 radical (unpaired) electrons. The first-order valence-corrected chi connectivity index (χ1v) is 5.77. The molecule has 4 nitrogen and oxygen atoms in total. The third-order valence-corrected chi connectivity index (χ3v) is 3.08. The number of carbonyl (C=O) groups is 1. The number of nitrogens with two attached hydrogens (primary N) is 1. The van der Waals surface area contributed by atoms with E-state index in [1.807, 2.05) is 18.7 Å². The largest absolute Gasteiger partial charge is 0.380 e. The standard InChI is InChI=1S/C11H22N2O2/c1-3-13(7-8-15-4-2)10(14)11(9-12)5-6-11/h3-9,12H2,1-2H3. The lowest BCUT2D eigenvalue weighted by molar-refractivity contribution is -0.137. The smallest absolute Gasteiger partial charge is 0.230 e. The van der Waals surface area contributed by atoms with Gasteiger partial charge in [0.05, 0.1) is 12.0 Å². The van der Waals surface area contributed by atoms with Gasteiger partial charge in [-0.3, -0.25) is 4.79 Å². The van der Waals surface area contributed by atoms with Gasteiger partial charge < -0.3 is 15.4 Å². The van der Waals surface area contributed by atoms with Crippen LogP contribution in [0.25, 0.3) is 0 Å². The van der Waals surface area contributed by atoms with Crippen LogP contribution in [0.5, 0.6) is 0 Å². The highest BCUT2D eigenvalue weighted by Gasteiger charge is 2.50. The van der Waals surface area contributed by atoms with Crippen molar-refractivity contribution in [3.05, 3.63) is 0 Å². The van der Waals surface area contributed by atoms with E-state index in [1.54, 1.807) is 0 Å². The van der Waals surface area contributed by atoms with Gasteiger partial charge in [0.15, 0.2) is 0 Å². The number of ether oxygens (including phenoxy) is 1. The summed E-state index contributed by atoms with van der Waals surface area (Å²) in [6.45, 7) is 7.19. The minimum Gasteiger partial charge on any atom is -0.380 e. The predicted octanol–water partition coefficient (Wildman–Crippen LogP) is 0.610. The van der Waals surface area contributed by atoms with E-state index in [-0.39, 0.29) is 11.3 Å². The van der Waals surface area contributed by atoms with Crippen molar-refractivity contribution in [3.8, 4) is 0 Å². The average Bonchev–Trinajstić information content (AvgIpc) is 3.04. The van der Waals surface area contributed by atoms with Gasteiger partial charge in [-0.2, -0.15) is 0 Å². The summed E-state index contributed by atoms with van der Waals surface area (Å²) < 4.78 is 5.26. The maximum absolute atomic E-state index is 12.1. The molecular formula is C11H22N2O2. The van der Waals surface area contributed by atoms with Gasteiger partial charge >= 0.3 is 0 Å². The molecule has 1 rings (SSSR count). The lowest BCUT2D eigenvalue weighted by atomic mass is 10.1. The molecule has 1 amide bonds. The second-order valence-corrected chi connectivity index (χ2v) is 4.07. The monoisotopic (exact) mass is 214 g/mol. The van der Waals surface area contributed by atoms with E-state index in [0.29, 0.717) is 26.3 Å². The summed E-state index contributed by atoms with van der Waals surface area (Å²) in [6.07, 6.45) is 1.90. The maximum Gasteiger partial charge on any atom is 0.230 e. The summed E-state index contributed by atoms with van der Waals surface area (Å²) in [7, 11) is 0. The number of hydrogen-bond donors (Lipinski definition) is 1. The molecule has 0 unspecified atom stereocenters. The number of carbonyl (C=O) groups excluding carboxylic acids is 1. The Kier molecular flexibility index (Phi) is 4.54. The molecule has 88 valence electrons. The molecule has 4 heteroatoms. The van der Waals surface area contributed by atoms with Crippen LogP contribution in [0.1, 0.15) is 26.7 Å². The Balaban J connectivity index is 2.40. The van der Waals surface area contributed by atoms with E-state index in [9.17, 15) is 4.79 Å². The van der Waals surface area contributed by atoms with Gasteiger partial charge in [-0.1, -0.05) is 0 Å². The normalized spacial score (nSPS) is 17.5. The highest BCUT2D eigenvalue weighted by atomic mass is 16.5. The SMILES string of the molecule is CCOCCN(CC)C(=O)C1(CN)CC1. The fourth-order valence-electron chi connectivity index (χ4n) is 1.71. The van der Waals surface area contributed by atoms with Crippen LogP contribution in [-0.2, 0) is 9.53 Å². The number of nitrogens with zero attached hydrogens (tertiary/aromatic N) is 1. The second kappa shape index (κ2) is 5.47. The van der Waals surface area contributed by atoms with Crippen LogP contribution in [0, 0.1) is 5.41 Å². The van der Waals surface area contributed by atoms with Crippen LogP contribution in [0.15, 0.2) is 0 Å². The summed E-state index contributed by atoms with van der Waals surface area (Å²) in [5, 5.41) is 0. The van der Waals surface area contributed by atoms with Crippen molar-refractivity contribution in [1.29, 1.82) is 0 Å². The van der Waals surface area contributed by atoms with E-state index < -0.39 is 0 Å². The number of amides is 1. The molecule has 0 heterocycles.